The highest BCUT2D eigenvalue weighted by Gasteiger charge is 2.09. The maximum absolute atomic E-state index is 11.7. The van der Waals surface area contributed by atoms with Gasteiger partial charge in [0.25, 0.3) is 10.1 Å². The second-order valence-corrected chi connectivity index (χ2v) is 7.43. The lowest BCUT2D eigenvalue weighted by atomic mass is 10.1. The van der Waals surface area contributed by atoms with Crippen LogP contribution in [0.2, 0.25) is 0 Å². The van der Waals surface area contributed by atoms with Gasteiger partial charge >= 0.3 is 5.97 Å². The maximum Gasteiger partial charge on any atom is 0.315 e. The van der Waals surface area contributed by atoms with Crippen LogP contribution >= 0.6 is 0 Å². The third-order valence-electron chi connectivity index (χ3n) is 3.78. The minimum absolute atomic E-state index is 0.177. The Morgan fingerprint density at radius 2 is 1.60 bits per heavy atom. The predicted molar refractivity (Wildman–Crippen MR) is 98.3 cm³/mol. The van der Waals surface area contributed by atoms with Crippen molar-refractivity contribution >= 4 is 16.1 Å². The Bertz CT molecular complexity index is 632. The van der Waals surface area contributed by atoms with Gasteiger partial charge in [0.2, 0.25) is 0 Å². The molecule has 140 valence electrons. The Morgan fingerprint density at radius 3 is 2.20 bits per heavy atom. The molecule has 0 bridgehead atoms. The monoisotopic (exact) mass is 368 g/mol. The van der Waals surface area contributed by atoms with Gasteiger partial charge in [-0.05, 0) is 37.1 Å². The second kappa shape index (κ2) is 11.8. The molecule has 0 atom stereocenters. The molecule has 0 fully saturated rings. The molecular formula is C19H28O5S. The van der Waals surface area contributed by atoms with Crippen molar-refractivity contribution in [1.29, 1.82) is 0 Å². The summed E-state index contributed by atoms with van der Waals surface area (Å²) < 4.78 is 35.8. The lowest BCUT2D eigenvalue weighted by Gasteiger charge is -2.03. The topological polar surface area (TPSA) is 80.7 Å². The first-order chi connectivity index (χ1) is 11.9. The fourth-order valence-corrected chi connectivity index (χ4v) is 2.85. The predicted octanol–water partition coefficient (Wildman–Crippen LogP) is 4.93. The summed E-state index contributed by atoms with van der Waals surface area (Å²) in [6, 6.07) is 5.05. The van der Waals surface area contributed by atoms with E-state index >= 15 is 0 Å². The van der Waals surface area contributed by atoms with E-state index in [0.29, 0.717) is 0 Å². The van der Waals surface area contributed by atoms with E-state index in [1.165, 1.54) is 62.8 Å². The van der Waals surface area contributed by atoms with Crippen LogP contribution in [0.1, 0.15) is 64.7 Å². The molecule has 5 nitrogen and oxygen atoms in total. The highest BCUT2D eigenvalue weighted by Crippen LogP contribution is 2.16. The molecular weight excluding hydrogens is 340 g/mol. The van der Waals surface area contributed by atoms with E-state index in [9.17, 15) is 13.2 Å². The molecule has 0 heterocycles. The van der Waals surface area contributed by atoms with Crippen LogP contribution in [0.5, 0.6) is 5.75 Å². The molecule has 1 rings (SSSR count). The zero-order valence-corrected chi connectivity index (χ0v) is 15.6. The van der Waals surface area contributed by atoms with Crippen LogP contribution in [-0.2, 0) is 14.9 Å². The Balaban J connectivity index is 2.18. The molecule has 0 amide bonds. The highest BCUT2D eigenvalue weighted by molar-refractivity contribution is 7.85. The minimum atomic E-state index is -4.23. The van der Waals surface area contributed by atoms with E-state index < -0.39 is 16.1 Å². The van der Waals surface area contributed by atoms with Gasteiger partial charge in [0.15, 0.2) is 0 Å². The summed E-state index contributed by atoms with van der Waals surface area (Å²) in [4.78, 5) is 11.5. The number of allylic oxidation sites excluding steroid dienone is 1. The first kappa shape index (κ1) is 21.4. The SMILES string of the molecule is CCCCCCCCCC=CCC(=O)Oc1ccc(S(=O)(=O)O)cc1. The first-order valence-electron chi connectivity index (χ1n) is 8.86. The third-order valence-corrected chi connectivity index (χ3v) is 4.65. The zero-order chi connectivity index (χ0) is 18.5. The van der Waals surface area contributed by atoms with E-state index in [-0.39, 0.29) is 17.1 Å². The lowest BCUT2D eigenvalue weighted by Crippen LogP contribution is -2.06. The first-order valence-corrected chi connectivity index (χ1v) is 10.3. The Morgan fingerprint density at radius 1 is 1.00 bits per heavy atom. The second-order valence-electron chi connectivity index (χ2n) is 6.01. The van der Waals surface area contributed by atoms with Crippen LogP contribution < -0.4 is 4.74 Å². The number of hydrogen-bond donors (Lipinski definition) is 1. The van der Waals surface area contributed by atoms with Gasteiger partial charge in [-0.1, -0.05) is 57.6 Å². The van der Waals surface area contributed by atoms with E-state index in [1.807, 2.05) is 6.08 Å². The van der Waals surface area contributed by atoms with Crippen molar-refractivity contribution in [3.63, 3.8) is 0 Å². The van der Waals surface area contributed by atoms with Gasteiger partial charge in [0.05, 0.1) is 11.3 Å². The van der Waals surface area contributed by atoms with Gasteiger partial charge in [-0.3, -0.25) is 9.35 Å². The van der Waals surface area contributed by atoms with Crippen LogP contribution in [0.3, 0.4) is 0 Å². The van der Waals surface area contributed by atoms with Gasteiger partial charge in [0, 0.05) is 0 Å². The molecule has 1 N–H and O–H groups in total. The van der Waals surface area contributed by atoms with Crippen molar-refractivity contribution in [3.8, 4) is 5.75 Å². The quantitative estimate of drug-likeness (QED) is 0.186. The summed E-state index contributed by atoms with van der Waals surface area (Å²) in [6.45, 7) is 2.21. The molecule has 0 saturated heterocycles. The lowest BCUT2D eigenvalue weighted by molar-refractivity contribution is -0.133. The molecule has 0 spiro atoms. The summed E-state index contributed by atoms with van der Waals surface area (Å²) in [7, 11) is -4.23. The Labute approximate surface area is 150 Å². The van der Waals surface area contributed by atoms with E-state index in [0.717, 1.165) is 12.8 Å². The van der Waals surface area contributed by atoms with Gasteiger partial charge in [-0.25, -0.2) is 0 Å². The zero-order valence-electron chi connectivity index (χ0n) is 14.8. The van der Waals surface area contributed by atoms with Crippen LogP contribution in [0.15, 0.2) is 41.3 Å². The molecule has 6 heteroatoms. The van der Waals surface area contributed by atoms with Crippen molar-refractivity contribution in [1.82, 2.24) is 0 Å². The van der Waals surface area contributed by atoms with Gasteiger partial charge in [-0.15, -0.1) is 0 Å². The molecule has 25 heavy (non-hydrogen) atoms. The number of rotatable bonds is 12. The normalized spacial score (nSPS) is 11.8. The van der Waals surface area contributed by atoms with Gasteiger partial charge < -0.3 is 4.74 Å². The molecule has 0 unspecified atom stereocenters. The molecule has 1 aromatic rings. The number of carbonyl (C=O) groups is 1. The molecule has 0 aliphatic carbocycles. The molecule has 0 saturated carbocycles. The summed E-state index contributed by atoms with van der Waals surface area (Å²) in [5, 5.41) is 0. The average Bonchev–Trinajstić information content (AvgIpc) is 2.56. The average molecular weight is 368 g/mol. The van der Waals surface area contributed by atoms with Gasteiger partial charge in [0.1, 0.15) is 5.75 Å². The maximum atomic E-state index is 11.7. The van der Waals surface area contributed by atoms with E-state index in [1.54, 1.807) is 6.08 Å². The summed E-state index contributed by atoms with van der Waals surface area (Å²) in [5.41, 5.74) is 0. The van der Waals surface area contributed by atoms with Crippen LogP contribution in [-0.4, -0.2) is 18.9 Å². The largest absolute Gasteiger partial charge is 0.426 e. The van der Waals surface area contributed by atoms with Crippen molar-refractivity contribution in [2.24, 2.45) is 0 Å². The summed E-state index contributed by atoms with van der Waals surface area (Å²) in [6.07, 6.45) is 13.8. The fraction of sp³-hybridized carbons (Fsp3) is 0.526. The van der Waals surface area contributed by atoms with E-state index in [2.05, 4.69) is 6.92 Å². The number of ether oxygens (including phenoxy) is 1. The molecule has 0 aromatic heterocycles. The van der Waals surface area contributed by atoms with Crippen LogP contribution in [0.4, 0.5) is 0 Å². The van der Waals surface area contributed by atoms with Crippen LogP contribution in [0.25, 0.3) is 0 Å². The van der Waals surface area contributed by atoms with Crippen molar-refractivity contribution in [2.45, 2.75) is 69.6 Å². The number of esters is 1. The van der Waals surface area contributed by atoms with Crippen LogP contribution in [0, 0.1) is 0 Å². The molecule has 1 aromatic carbocycles. The van der Waals surface area contributed by atoms with Crippen molar-refractivity contribution in [2.75, 3.05) is 0 Å². The fourth-order valence-electron chi connectivity index (χ4n) is 2.37. The molecule has 0 radical (unpaired) electrons. The number of benzene rings is 1. The molecule has 0 aliphatic rings. The summed E-state index contributed by atoms with van der Waals surface area (Å²) in [5.74, 6) is -0.159. The standard InChI is InChI=1S/C19H28O5S/c1-2-3-4-5-6-7-8-9-10-11-12-19(20)24-17-13-15-18(16-14-17)25(21,22)23/h10-11,13-16H,2-9,12H2,1H3,(H,21,22,23). The minimum Gasteiger partial charge on any atom is -0.426 e. The van der Waals surface area contributed by atoms with Gasteiger partial charge in [-0.2, -0.15) is 8.42 Å². The third kappa shape index (κ3) is 10.0. The Kier molecular flexibility index (Phi) is 10.1. The highest BCUT2D eigenvalue weighted by atomic mass is 32.2. The smallest absolute Gasteiger partial charge is 0.315 e. The number of carbonyl (C=O) groups excluding carboxylic acids is 1. The van der Waals surface area contributed by atoms with Crippen molar-refractivity contribution < 1.29 is 22.5 Å². The number of hydrogen-bond acceptors (Lipinski definition) is 4. The summed E-state index contributed by atoms with van der Waals surface area (Å²) >= 11 is 0. The molecule has 0 aliphatic heterocycles. The van der Waals surface area contributed by atoms with Crippen molar-refractivity contribution in [3.05, 3.63) is 36.4 Å². The number of unbranched alkanes of at least 4 members (excludes halogenated alkanes) is 7. The Hall–Kier alpha value is -1.66. The van der Waals surface area contributed by atoms with E-state index in [4.69, 9.17) is 9.29 Å².